The fourth-order valence-corrected chi connectivity index (χ4v) is 7.20. The van der Waals surface area contributed by atoms with Gasteiger partial charge in [-0.15, -0.1) is 0 Å². The molecule has 1 aromatic carbocycles. The van der Waals surface area contributed by atoms with Crippen LogP contribution < -0.4 is 11.1 Å². The Bertz CT molecular complexity index is 1530. The van der Waals surface area contributed by atoms with Gasteiger partial charge in [0.05, 0.1) is 17.3 Å². The molecule has 12 nitrogen and oxygen atoms in total. The number of aromatic hydroxyl groups is 1. The van der Waals surface area contributed by atoms with Gasteiger partial charge in [-0.1, -0.05) is 0 Å². The van der Waals surface area contributed by atoms with E-state index in [0.29, 0.717) is 12.8 Å². The summed E-state index contributed by atoms with van der Waals surface area (Å²) >= 11 is 0. The van der Waals surface area contributed by atoms with Gasteiger partial charge in [-0.3, -0.25) is 29.0 Å². The van der Waals surface area contributed by atoms with Gasteiger partial charge >= 0.3 is 0 Å². The van der Waals surface area contributed by atoms with Gasteiger partial charge in [-0.2, -0.15) is 0 Å². The van der Waals surface area contributed by atoms with E-state index in [4.69, 9.17) is 5.73 Å². The Kier molecular flexibility index (Phi) is 5.36. The minimum absolute atomic E-state index is 0.00168. The number of nitrogens with one attached hydrogen (secondary N) is 1. The molecule has 1 spiro atoms. The van der Waals surface area contributed by atoms with E-state index in [-0.39, 0.29) is 36.2 Å². The Morgan fingerprint density at radius 2 is 1.80 bits per heavy atom. The SMILES string of the molecule is CN(C)[C@@H]1C(O)=C(C(N)=O)C(=O)[C@@]2(O)C(O)=C3C(=O)c4c(O)c5c(c(F)c4C[C@H]3C[C@@H]12)CN(C)C1(CC1)C(=O)N5. The van der Waals surface area contributed by atoms with E-state index in [1.54, 1.807) is 11.9 Å². The normalized spacial score (nSPS) is 30.9. The summed E-state index contributed by atoms with van der Waals surface area (Å²) in [4.78, 5) is 55.4. The standard InChI is InChI=1S/C27H29FN4O8/c1-31(2)18-12-7-9-6-10-14(19(33)13(9)22(36)27(12,40)23(37)15(21(18)35)24(29)38)20(34)17-11(16(10)28)8-32(3)26(4-5-26)25(39)30-17/h9,12,18,34-36,40H,4-8H2,1-3H3,(H2,29,38)(H,30,39)/t9-,12-,18-,27-/m0/s1. The second-order valence-corrected chi connectivity index (χ2v) is 11.7. The lowest BCUT2D eigenvalue weighted by Crippen LogP contribution is -2.63. The fourth-order valence-electron chi connectivity index (χ4n) is 7.20. The molecular weight excluding hydrogens is 527 g/mol. The third-order valence-electron chi connectivity index (χ3n) is 9.43. The van der Waals surface area contributed by atoms with E-state index in [2.05, 4.69) is 5.32 Å². The lowest BCUT2D eigenvalue weighted by Gasteiger charge is -2.50. The summed E-state index contributed by atoms with van der Waals surface area (Å²) in [5, 5.41) is 47.7. The number of hydrogen-bond acceptors (Lipinski definition) is 10. The molecule has 0 unspecified atom stereocenters. The number of ketones is 2. The van der Waals surface area contributed by atoms with E-state index < -0.39 is 92.2 Å². The van der Waals surface area contributed by atoms with Crippen molar-refractivity contribution in [1.29, 1.82) is 0 Å². The number of phenols is 1. The molecule has 13 heteroatoms. The van der Waals surface area contributed by atoms with Crippen molar-refractivity contribution >= 4 is 29.1 Å². The number of Topliss-reactive ketones (excluding diaryl/α,β-unsaturated/α-hetero) is 2. The van der Waals surface area contributed by atoms with E-state index >= 15 is 4.39 Å². The maximum absolute atomic E-state index is 16.1. The molecule has 0 radical (unpaired) electrons. The third-order valence-corrected chi connectivity index (χ3v) is 9.43. The zero-order valence-electron chi connectivity index (χ0n) is 22.0. The highest BCUT2D eigenvalue weighted by molar-refractivity contribution is 6.25. The number of hydrogen-bond donors (Lipinski definition) is 6. The van der Waals surface area contributed by atoms with Crippen molar-refractivity contribution < 1.29 is 44.0 Å². The van der Waals surface area contributed by atoms with Gasteiger partial charge in [-0.05, 0) is 52.7 Å². The van der Waals surface area contributed by atoms with Crippen LogP contribution in [0.1, 0.15) is 40.7 Å². The van der Waals surface area contributed by atoms with Crippen LogP contribution in [-0.2, 0) is 27.3 Å². The molecule has 5 aliphatic rings. The molecule has 1 heterocycles. The topological polar surface area (TPSA) is 194 Å². The van der Waals surface area contributed by atoms with Gasteiger partial charge in [0.25, 0.3) is 5.91 Å². The predicted octanol–water partition coefficient (Wildman–Crippen LogP) is 0.176. The lowest BCUT2D eigenvalue weighted by atomic mass is 9.58. The number of aliphatic hydroxyl groups excluding tert-OH is 2. The molecule has 212 valence electrons. The van der Waals surface area contributed by atoms with Crippen LogP contribution in [-0.4, -0.2) is 91.9 Å². The third kappa shape index (κ3) is 3.05. The van der Waals surface area contributed by atoms with Gasteiger partial charge < -0.3 is 31.5 Å². The monoisotopic (exact) mass is 556 g/mol. The van der Waals surface area contributed by atoms with Crippen molar-refractivity contribution in [3.63, 3.8) is 0 Å². The van der Waals surface area contributed by atoms with Crippen LogP contribution in [0.15, 0.2) is 22.7 Å². The van der Waals surface area contributed by atoms with E-state index in [1.165, 1.54) is 19.0 Å². The van der Waals surface area contributed by atoms with Crippen LogP contribution in [0.4, 0.5) is 10.1 Å². The number of carbonyl (C=O) groups excluding carboxylic acids is 4. The molecule has 2 amide bonds. The molecule has 0 bridgehead atoms. The van der Waals surface area contributed by atoms with Crippen LogP contribution in [0.25, 0.3) is 0 Å². The molecule has 1 fully saturated rings. The van der Waals surface area contributed by atoms with E-state index in [0.717, 1.165) is 0 Å². The molecule has 7 N–H and O–H groups in total. The van der Waals surface area contributed by atoms with Gasteiger partial charge in [0.1, 0.15) is 28.4 Å². The number of primary amides is 1. The second-order valence-electron chi connectivity index (χ2n) is 11.7. The van der Waals surface area contributed by atoms with Gasteiger partial charge in [0.15, 0.2) is 17.1 Å². The molecular formula is C27H29FN4O8. The quantitative estimate of drug-likeness (QED) is 0.216. The van der Waals surface area contributed by atoms with Gasteiger partial charge in [-0.25, -0.2) is 4.39 Å². The number of benzene rings is 1. The zero-order chi connectivity index (χ0) is 29.2. The smallest absolute Gasteiger partial charge is 0.255 e. The average Bonchev–Trinajstić information content (AvgIpc) is 3.69. The Hall–Kier alpha value is -3.81. The van der Waals surface area contributed by atoms with Gasteiger partial charge in [0, 0.05) is 29.2 Å². The van der Waals surface area contributed by atoms with E-state index in [1.807, 2.05) is 0 Å². The van der Waals surface area contributed by atoms with Crippen LogP contribution in [0.3, 0.4) is 0 Å². The van der Waals surface area contributed by atoms with Crippen molar-refractivity contribution in [2.75, 3.05) is 26.5 Å². The Morgan fingerprint density at radius 3 is 2.38 bits per heavy atom. The average molecular weight is 557 g/mol. The second kappa shape index (κ2) is 8.12. The molecule has 1 saturated carbocycles. The maximum Gasteiger partial charge on any atom is 0.255 e. The summed E-state index contributed by atoms with van der Waals surface area (Å²) in [7, 11) is 4.74. The first-order chi connectivity index (χ1) is 18.7. The first-order valence-corrected chi connectivity index (χ1v) is 12.9. The van der Waals surface area contributed by atoms with Crippen molar-refractivity contribution in [3.05, 3.63) is 45.2 Å². The van der Waals surface area contributed by atoms with Crippen molar-refractivity contribution in [2.24, 2.45) is 17.6 Å². The predicted molar refractivity (Wildman–Crippen MR) is 136 cm³/mol. The molecule has 1 aromatic rings. The van der Waals surface area contributed by atoms with Crippen LogP contribution in [0.2, 0.25) is 0 Å². The number of carbonyl (C=O) groups is 4. The minimum Gasteiger partial charge on any atom is -0.510 e. The van der Waals surface area contributed by atoms with Crippen molar-refractivity contribution in [3.8, 4) is 5.75 Å². The molecule has 1 aliphatic heterocycles. The maximum atomic E-state index is 16.1. The number of aliphatic hydroxyl groups is 3. The highest BCUT2D eigenvalue weighted by Gasteiger charge is 2.63. The number of amides is 2. The molecule has 0 aromatic heterocycles. The summed E-state index contributed by atoms with van der Waals surface area (Å²) in [5.74, 6) is -9.40. The Balaban J connectivity index is 1.54. The first kappa shape index (κ1) is 26.4. The van der Waals surface area contributed by atoms with Crippen LogP contribution >= 0.6 is 0 Å². The number of nitrogens with two attached hydrogens (primary N) is 1. The number of likely N-dealkylation sites (N-methyl/N-ethyl adjacent to an activating group) is 2. The summed E-state index contributed by atoms with van der Waals surface area (Å²) in [6, 6.07) is -1.14. The highest BCUT2D eigenvalue weighted by Crippen LogP contribution is 2.54. The molecule has 4 aliphatic carbocycles. The molecule has 0 saturated heterocycles. The number of halogens is 1. The van der Waals surface area contributed by atoms with Crippen molar-refractivity contribution in [2.45, 2.75) is 49.4 Å². The number of rotatable bonds is 2. The highest BCUT2D eigenvalue weighted by atomic mass is 19.1. The minimum atomic E-state index is -2.79. The number of allylic oxidation sites excluding steroid dienone is 1. The Morgan fingerprint density at radius 1 is 1.15 bits per heavy atom. The zero-order valence-corrected chi connectivity index (χ0v) is 22.0. The first-order valence-electron chi connectivity index (χ1n) is 12.9. The molecule has 40 heavy (non-hydrogen) atoms. The molecule has 4 atom stereocenters. The summed E-state index contributed by atoms with van der Waals surface area (Å²) in [6.07, 6.45) is 0.789. The van der Waals surface area contributed by atoms with Crippen molar-refractivity contribution in [1.82, 2.24) is 9.80 Å². The summed E-state index contributed by atoms with van der Waals surface area (Å²) in [5.41, 5.74) is -0.390. The summed E-state index contributed by atoms with van der Waals surface area (Å²) in [6.45, 7) is 0.00168. The van der Waals surface area contributed by atoms with Crippen LogP contribution in [0, 0.1) is 17.7 Å². The number of phenolic OH excluding ortho intramolecular Hbond substituents is 1. The van der Waals surface area contributed by atoms with E-state index in [9.17, 15) is 39.6 Å². The fraction of sp³-hybridized carbons (Fsp3) is 0.481. The number of nitrogens with zero attached hydrogens (tertiary/aromatic N) is 2. The summed E-state index contributed by atoms with van der Waals surface area (Å²) < 4.78 is 16.1. The Labute approximate surface area is 227 Å². The number of fused-ring (bicyclic) bond motifs is 4. The van der Waals surface area contributed by atoms with Crippen LogP contribution in [0.5, 0.6) is 5.75 Å². The largest absolute Gasteiger partial charge is 0.510 e. The number of anilines is 1. The van der Waals surface area contributed by atoms with Gasteiger partial charge in [0.2, 0.25) is 11.7 Å². The molecule has 6 rings (SSSR count). The lowest BCUT2D eigenvalue weighted by molar-refractivity contribution is -0.148.